The normalized spacial score (nSPS) is 11.3. The molecule has 0 aliphatic rings. The van der Waals surface area contributed by atoms with Crippen molar-refractivity contribution in [1.29, 1.82) is 0 Å². The zero-order chi connectivity index (χ0) is 27.1. The summed E-state index contributed by atoms with van der Waals surface area (Å²) in [6, 6.07) is 27.1. The zero-order valence-corrected chi connectivity index (χ0v) is 21.8. The van der Waals surface area contributed by atoms with E-state index in [9.17, 15) is 9.59 Å². The molecule has 0 radical (unpaired) electrons. The first-order valence-corrected chi connectivity index (χ1v) is 12.7. The van der Waals surface area contributed by atoms with Gasteiger partial charge >= 0.3 is 5.97 Å². The quantitative estimate of drug-likeness (QED) is 0.279. The van der Waals surface area contributed by atoms with Gasteiger partial charge in [-0.15, -0.1) is 5.10 Å². The van der Waals surface area contributed by atoms with Gasteiger partial charge in [-0.05, 0) is 44.5 Å². The van der Waals surface area contributed by atoms with E-state index in [4.69, 9.17) is 14.7 Å². The lowest BCUT2D eigenvalue weighted by Crippen LogP contribution is -2.21. The average molecular weight is 516 g/mol. The van der Waals surface area contributed by atoms with Gasteiger partial charge in [-0.2, -0.15) is 9.67 Å². The van der Waals surface area contributed by atoms with Gasteiger partial charge in [-0.1, -0.05) is 77.9 Å². The number of carbonyl (C=O) groups excluding carboxylic acids is 1. The van der Waals surface area contributed by atoms with Crippen LogP contribution >= 0.6 is 0 Å². The number of ether oxygens (including phenoxy) is 1. The number of aromatic nitrogens is 5. The summed E-state index contributed by atoms with van der Waals surface area (Å²) >= 11 is 0. The second kappa shape index (κ2) is 9.64. The second-order valence-electron chi connectivity index (χ2n) is 9.33. The smallest absolute Gasteiger partial charge is 0.376 e. The van der Waals surface area contributed by atoms with Gasteiger partial charge in [0.1, 0.15) is 0 Å². The molecule has 0 spiro atoms. The van der Waals surface area contributed by atoms with Gasteiger partial charge in [0.05, 0.1) is 23.4 Å². The number of carbonyl (C=O) groups is 1. The van der Waals surface area contributed by atoms with Crippen molar-refractivity contribution in [2.24, 2.45) is 0 Å². The molecule has 3 aromatic heterocycles. The number of rotatable bonds is 5. The highest BCUT2D eigenvalue weighted by atomic mass is 16.5. The fourth-order valence-electron chi connectivity index (χ4n) is 4.59. The number of esters is 1. The van der Waals surface area contributed by atoms with E-state index < -0.39 is 11.5 Å². The minimum atomic E-state index is -0.707. The van der Waals surface area contributed by atoms with Crippen molar-refractivity contribution in [3.63, 3.8) is 0 Å². The third-order valence-corrected chi connectivity index (χ3v) is 6.59. The molecule has 8 heteroatoms. The summed E-state index contributed by atoms with van der Waals surface area (Å²) in [7, 11) is 0. The summed E-state index contributed by atoms with van der Waals surface area (Å²) in [5, 5.41) is 4.78. The van der Waals surface area contributed by atoms with Gasteiger partial charge < -0.3 is 4.74 Å². The molecular weight excluding hydrogens is 490 g/mol. The van der Waals surface area contributed by atoms with Crippen molar-refractivity contribution in [2.75, 3.05) is 6.61 Å². The lowest BCUT2D eigenvalue weighted by molar-refractivity contribution is 0.0509. The molecule has 0 unspecified atom stereocenters. The molecule has 0 aliphatic carbocycles. The standard InChI is InChI=1S/C31H25N5O3/c1-4-39-30(38)28-34-36(23-8-6-5-7-9-23)31-33-27-26(29(37)35(28)31)24(21-14-10-19(2)11-15-21)18-25(32-27)22-16-12-20(3)13-17-22/h5-18H,4H2,1-3H3. The van der Waals surface area contributed by atoms with Gasteiger partial charge in [-0.25, -0.2) is 14.2 Å². The van der Waals surface area contributed by atoms with Crippen LogP contribution in [0.25, 0.3) is 44.9 Å². The van der Waals surface area contributed by atoms with Gasteiger partial charge in [0, 0.05) is 11.1 Å². The summed E-state index contributed by atoms with van der Waals surface area (Å²) in [5.41, 5.74) is 5.80. The van der Waals surface area contributed by atoms with Crippen LogP contribution in [0.4, 0.5) is 0 Å². The highest BCUT2D eigenvalue weighted by molar-refractivity contribution is 5.96. The van der Waals surface area contributed by atoms with Crippen LogP contribution in [0, 0.1) is 13.8 Å². The Morgan fingerprint density at radius 1 is 0.846 bits per heavy atom. The van der Waals surface area contributed by atoms with Crippen molar-refractivity contribution >= 4 is 22.8 Å². The van der Waals surface area contributed by atoms with Crippen LogP contribution in [0.3, 0.4) is 0 Å². The van der Waals surface area contributed by atoms with Crippen molar-refractivity contribution < 1.29 is 9.53 Å². The number of hydrogen-bond acceptors (Lipinski definition) is 6. The number of benzene rings is 3. The lowest BCUT2D eigenvalue weighted by atomic mass is 9.99. The van der Waals surface area contributed by atoms with E-state index in [1.54, 1.807) is 6.92 Å². The molecule has 0 N–H and O–H groups in total. The summed E-state index contributed by atoms with van der Waals surface area (Å²) in [6.45, 7) is 5.89. The van der Waals surface area contributed by atoms with Crippen LogP contribution in [0.2, 0.25) is 0 Å². The Morgan fingerprint density at radius 3 is 2.13 bits per heavy atom. The monoisotopic (exact) mass is 515 g/mol. The number of hydrogen-bond donors (Lipinski definition) is 0. The van der Waals surface area contributed by atoms with Gasteiger partial charge in [0.15, 0.2) is 5.65 Å². The Hall–Kier alpha value is -5.11. The van der Waals surface area contributed by atoms with Gasteiger partial charge in [0.25, 0.3) is 5.56 Å². The predicted molar refractivity (Wildman–Crippen MR) is 150 cm³/mol. The van der Waals surface area contributed by atoms with E-state index in [1.165, 1.54) is 9.08 Å². The number of pyridine rings is 1. The molecule has 0 bridgehead atoms. The molecular formula is C31H25N5O3. The van der Waals surface area contributed by atoms with E-state index in [0.717, 1.165) is 22.3 Å². The minimum Gasteiger partial charge on any atom is -0.460 e. The first-order chi connectivity index (χ1) is 18.9. The predicted octanol–water partition coefficient (Wildman–Crippen LogP) is 5.56. The molecule has 6 aromatic rings. The summed E-state index contributed by atoms with van der Waals surface area (Å²) in [6.07, 6.45) is 0. The number of para-hydroxylation sites is 1. The minimum absolute atomic E-state index is 0.143. The van der Waals surface area contributed by atoms with E-state index in [-0.39, 0.29) is 23.9 Å². The maximum absolute atomic E-state index is 14.2. The lowest BCUT2D eigenvalue weighted by Gasteiger charge is -2.11. The molecule has 192 valence electrons. The molecule has 0 aliphatic heterocycles. The Kier molecular flexibility index (Phi) is 5.99. The molecule has 0 atom stereocenters. The average Bonchev–Trinajstić information content (AvgIpc) is 3.34. The first kappa shape index (κ1) is 24.2. The zero-order valence-electron chi connectivity index (χ0n) is 21.8. The molecule has 8 nitrogen and oxygen atoms in total. The molecule has 0 saturated heterocycles. The van der Waals surface area contributed by atoms with E-state index in [2.05, 4.69) is 5.10 Å². The second-order valence-corrected chi connectivity index (χ2v) is 9.33. The summed E-state index contributed by atoms with van der Waals surface area (Å²) in [4.78, 5) is 36.9. The van der Waals surface area contributed by atoms with Crippen LogP contribution in [-0.2, 0) is 4.74 Å². The fourth-order valence-corrected chi connectivity index (χ4v) is 4.59. The van der Waals surface area contributed by atoms with Crippen LogP contribution in [0.15, 0.2) is 89.7 Å². The number of nitrogens with zero attached hydrogens (tertiary/aromatic N) is 5. The van der Waals surface area contributed by atoms with E-state index in [0.29, 0.717) is 22.3 Å². The van der Waals surface area contributed by atoms with E-state index in [1.807, 2.05) is 98.8 Å². The van der Waals surface area contributed by atoms with Crippen molar-refractivity contribution in [2.45, 2.75) is 20.8 Å². The molecule has 3 aromatic carbocycles. The van der Waals surface area contributed by atoms with Crippen molar-refractivity contribution in [3.8, 4) is 28.1 Å². The third-order valence-electron chi connectivity index (χ3n) is 6.59. The summed E-state index contributed by atoms with van der Waals surface area (Å²) < 4.78 is 7.94. The first-order valence-electron chi connectivity index (χ1n) is 12.7. The Balaban J connectivity index is 1.74. The molecule has 0 amide bonds. The molecule has 3 heterocycles. The maximum atomic E-state index is 14.2. The van der Waals surface area contributed by atoms with Crippen LogP contribution < -0.4 is 5.56 Å². The molecule has 0 saturated carbocycles. The van der Waals surface area contributed by atoms with Crippen LogP contribution in [-0.4, -0.2) is 36.7 Å². The summed E-state index contributed by atoms with van der Waals surface area (Å²) in [5.74, 6) is -0.681. The molecule has 0 fully saturated rings. The Morgan fingerprint density at radius 2 is 1.49 bits per heavy atom. The largest absolute Gasteiger partial charge is 0.460 e. The molecule has 6 rings (SSSR count). The number of aryl methyl sites for hydroxylation is 2. The van der Waals surface area contributed by atoms with Crippen LogP contribution in [0.5, 0.6) is 0 Å². The topological polar surface area (TPSA) is 91.4 Å². The fraction of sp³-hybridized carbons (Fsp3) is 0.129. The molecule has 39 heavy (non-hydrogen) atoms. The SMILES string of the molecule is CCOC(=O)c1nn(-c2ccccc2)c2nc3nc(-c4ccc(C)cc4)cc(-c4ccc(C)cc4)c3c(=O)n12. The van der Waals surface area contributed by atoms with Gasteiger partial charge in [-0.3, -0.25) is 4.79 Å². The van der Waals surface area contributed by atoms with Crippen molar-refractivity contribution in [3.05, 3.63) is 112 Å². The van der Waals surface area contributed by atoms with Crippen LogP contribution in [0.1, 0.15) is 28.7 Å². The van der Waals surface area contributed by atoms with E-state index >= 15 is 0 Å². The maximum Gasteiger partial charge on any atom is 0.376 e. The van der Waals surface area contributed by atoms with Crippen molar-refractivity contribution in [1.82, 2.24) is 24.1 Å². The highest BCUT2D eigenvalue weighted by Crippen LogP contribution is 2.31. The highest BCUT2D eigenvalue weighted by Gasteiger charge is 2.25. The third kappa shape index (κ3) is 4.25. The Labute approximate surface area is 224 Å². The number of fused-ring (bicyclic) bond motifs is 2. The Bertz CT molecular complexity index is 1910. The van der Waals surface area contributed by atoms with Gasteiger partial charge in [0.2, 0.25) is 11.6 Å².